The quantitative estimate of drug-likeness (QED) is 0.548. The minimum atomic E-state index is -0.491. The average molecular weight is 365 g/mol. The van der Waals surface area contributed by atoms with Crippen molar-refractivity contribution in [1.82, 2.24) is 5.43 Å². The third-order valence-corrected chi connectivity index (χ3v) is 4.40. The van der Waals surface area contributed by atoms with E-state index in [1.165, 1.54) is 6.21 Å². The smallest absolute Gasteiger partial charge is 0.275 e. The molecule has 2 heterocycles. The van der Waals surface area contributed by atoms with E-state index < -0.39 is 5.91 Å². The molecule has 0 radical (unpaired) electrons. The van der Waals surface area contributed by atoms with Crippen molar-refractivity contribution >= 4 is 28.8 Å². The number of amides is 1. The van der Waals surface area contributed by atoms with Gasteiger partial charge in [0.2, 0.25) is 0 Å². The van der Waals surface area contributed by atoms with Crippen LogP contribution in [0.2, 0.25) is 0 Å². The van der Waals surface area contributed by atoms with Crippen molar-refractivity contribution in [3.05, 3.63) is 59.9 Å². The summed E-state index contributed by atoms with van der Waals surface area (Å²) in [5, 5.41) is 15.7. The molecular formula is C20H19N3O4. The molecule has 1 aliphatic rings. The lowest BCUT2D eigenvalue weighted by Gasteiger charge is -2.26. The third-order valence-electron chi connectivity index (χ3n) is 4.40. The Bertz CT molecular complexity index is 990. The van der Waals surface area contributed by atoms with Gasteiger partial charge in [-0.25, -0.2) is 5.43 Å². The van der Waals surface area contributed by atoms with E-state index in [1.54, 1.807) is 18.2 Å². The maximum Gasteiger partial charge on any atom is 0.275 e. The predicted molar refractivity (Wildman–Crippen MR) is 102 cm³/mol. The first-order chi connectivity index (χ1) is 13.2. The van der Waals surface area contributed by atoms with Gasteiger partial charge < -0.3 is 19.2 Å². The van der Waals surface area contributed by atoms with Gasteiger partial charge in [0, 0.05) is 19.2 Å². The fourth-order valence-electron chi connectivity index (χ4n) is 2.99. The molecule has 138 valence electrons. The summed E-state index contributed by atoms with van der Waals surface area (Å²) in [7, 11) is 0. The van der Waals surface area contributed by atoms with Crippen LogP contribution in [-0.2, 0) is 4.74 Å². The Kier molecular flexibility index (Phi) is 4.76. The molecule has 1 aromatic heterocycles. The number of benzene rings is 2. The lowest BCUT2D eigenvalue weighted by molar-refractivity contribution is 0.0952. The molecule has 1 aliphatic heterocycles. The Morgan fingerprint density at radius 3 is 2.63 bits per heavy atom. The molecule has 7 nitrogen and oxygen atoms in total. The van der Waals surface area contributed by atoms with Gasteiger partial charge in [-0.15, -0.1) is 0 Å². The van der Waals surface area contributed by atoms with Gasteiger partial charge in [0.05, 0.1) is 25.0 Å². The maximum atomic E-state index is 12.3. The molecule has 1 amide bonds. The zero-order valence-corrected chi connectivity index (χ0v) is 14.6. The van der Waals surface area contributed by atoms with Crippen LogP contribution < -0.4 is 10.3 Å². The van der Waals surface area contributed by atoms with Gasteiger partial charge in [-0.1, -0.05) is 24.3 Å². The zero-order chi connectivity index (χ0) is 18.6. The Morgan fingerprint density at radius 2 is 1.85 bits per heavy atom. The summed E-state index contributed by atoms with van der Waals surface area (Å²) in [5.41, 5.74) is 2.58. The van der Waals surface area contributed by atoms with Crippen molar-refractivity contribution in [1.29, 1.82) is 0 Å². The number of ether oxygens (including phenoxy) is 1. The van der Waals surface area contributed by atoms with E-state index in [2.05, 4.69) is 15.4 Å². The highest BCUT2D eigenvalue weighted by molar-refractivity contribution is 6.01. The van der Waals surface area contributed by atoms with Crippen LogP contribution in [0.4, 0.5) is 5.88 Å². The molecule has 0 unspecified atom stereocenters. The first-order valence-electron chi connectivity index (χ1n) is 8.68. The average Bonchev–Trinajstić information content (AvgIpc) is 3.17. The number of hydrazone groups is 1. The number of morpholine rings is 1. The van der Waals surface area contributed by atoms with Crippen molar-refractivity contribution < 1.29 is 19.1 Å². The molecule has 0 aliphatic carbocycles. The van der Waals surface area contributed by atoms with Crippen molar-refractivity contribution in [2.24, 2.45) is 5.10 Å². The second-order valence-electron chi connectivity index (χ2n) is 6.19. The van der Waals surface area contributed by atoms with Crippen molar-refractivity contribution in [2.45, 2.75) is 0 Å². The first-order valence-corrected chi connectivity index (χ1v) is 8.68. The summed E-state index contributed by atoms with van der Waals surface area (Å²) in [6, 6.07) is 14.4. The molecule has 27 heavy (non-hydrogen) atoms. The minimum absolute atomic E-state index is 0.0889. The number of fused-ring (bicyclic) bond motifs is 1. The molecule has 3 aromatic rings. The number of nitrogens with one attached hydrogen (secondary N) is 1. The zero-order valence-electron chi connectivity index (χ0n) is 14.6. The Labute approximate surface area is 155 Å². The number of hydrogen-bond donors (Lipinski definition) is 2. The lowest BCUT2D eigenvalue weighted by atomic mass is 10.1. The first kappa shape index (κ1) is 17.1. The molecule has 1 saturated heterocycles. The monoisotopic (exact) mass is 365 g/mol. The van der Waals surface area contributed by atoms with Gasteiger partial charge in [0.1, 0.15) is 11.5 Å². The molecule has 0 spiro atoms. The van der Waals surface area contributed by atoms with Crippen molar-refractivity contribution in [2.75, 3.05) is 31.2 Å². The summed E-state index contributed by atoms with van der Waals surface area (Å²) in [4.78, 5) is 14.4. The number of rotatable bonds is 4. The predicted octanol–water partition coefficient (Wildman–Crippen LogP) is 2.74. The van der Waals surface area contributed by atoms with Crippen LogP contribution in [0, 0.1) is 0 Å². The number of anilines is 1. The molecule has 1 fully saturated rings. The highest BCUT2D eigenvalue weighted by atomic mass is 16.5. The van der Waals surface area contributed by atoms with Gasteiger partial charge in [-0.3, -0.25) is 4.79 Å². The van der Waals surface area contributed by atoms with Gasteiger partial charge in [0.15, 0.2) is 5.88 Å². The molecule has 7 heteroatoms. The molecule has 0 saturated carbocycles. The molecule has 2 aromatic carbocycles. The summed E-state index contributed by atoms with van der Waals surface area (Å²) in [6.07, 6.45) is 1.43. The number of phenolic OH excluding ortho intramolecular Hbond substituents is 1. The van der Waals surface area contributed by atoms with Crippen LogP contribution in [0.15, 0.2) is 58.0 Å². The van der Waals surface area contributed by atoms with Crippen LogP contribution in [0.5, 0.6) is 5.75 Å². The Morgan fingerprint density at radius 1 is 1.11 bits per heavy atom. The fraction of sp³-hybridized carbons (Fsp3) is 0.200. The van der Waals surface area contributed by atoms with E-state index >= 15 is 0 Å². The van der Waals surface area contributed by atoms with E-state index in [-0.39, 0.29) is 11.3 Å². The summed E-state index contributed by atoms with van der Waals surface area (Å²) < 4.78 is 11.0. The molecule has 0 atom stereocenters. The Balaban J connectivity index is 1.43. The summed E-state index contributed by atoms with van der Waals surface area (Å²) in [5.74, 6) is 0.696. The molecular weight excluding hydrogens is 346 g/mol. The van der Waals surface area contributed by atoms with Gasteiger partial charge in [-0.05, 0) is 29.0 Å². The highest BCUT2D eigenvalue weighted by Crippen LogP contribution is 2.25. The number of carbonyl (C=O) groups is 1. The largest absolute Gasteiger partial charge is 0.507 e. The maximum absolute atomic E-state index is 12.3. The van der Waals surface area contributed by atoms with E-state index in [1.807, 2.05) is 30.3 Å². The van der Waals surface area contributed by atoms with Crippen molar-refractivity contribution in [3.8, 4) is 5.75 Å². The second kappa shape index (κ2) is 7.51. The van der Waals surface area contributed by atoms with Crippen LogP contribution in [0.1, 0.15) is 16.1 Å². The molecule has 2 N–H and O–H groups in total. The number of aromatic hydroxyl groups is 1. The topological polar surface area (TPSA) is 87.3 Å². The SMILES string of the molecule is O=C(NN=Cc1ccc(N2CCOCC2)o1)c1cc2ccccc2cc1O. The van der Waals surface area contributed by atoms with E-state index in [9.17, 15) is 9.90 Å². The standard InChI is InChI=1S/C20H19N3O4/c24-18-12-15-4-2-1-3-14(15)11-17(18)20(25)22-21-13-16-5-6-19(27-16)23-7-9-26-10-8-23/h1-6,11-13,24H,7-10H2,(H,22,25). The number of nitrogens with zero attached hydrogens (tertiary/aromatic N) is 2. The molecule has 4 rings (SSSR count). The third kappa shape index (κ3) is 3.78. The fourth-order valence-corrected chi connectivity index (χ4v) is 2.99. The van der Waals surface area contributed by atoms with Gasteiger partial charge in [0.25, 0.3) is 5.91 Å². The number of carbonyl (C=O) groups excluding carboxylic acids is 1. The van der Waals surface area contributed by atoms with E-state index in [4.69, 9.17) is 9.15 Å². The van der Waals surface area contributed by atoms with E-state index in [0.29, 0.717) is 19.0 Å². The summed E-state index contributed by atoms with van der Waals surface area (Å²) >= 11 is 0. The number of hydrogen-bond acceptors (Lipinski definition) is 6. The highest BCUT2D eigenvalue weighted by Gasteiger charge is 2.14. The van der Waals surface area contributed by atoms with Crippen molar-refractivity contribution in [3.63, 3.8) is 0 Å². The van der Waals surface area contributed by atoms with Gasteiger partial charge in [-0.2, -0.15) is 5.10 Å². The molecule has 0 bridgehead atoms. The normalized spacial score (nSPS) is 14.7. The van der Waals surface area contributed by atoms with Gasteiger partial charge >= 0.3 is 0 Å². The number of furan rings is 1. The van der Waals surface area contributed by atoms with Crippen LogP contribution in [0.25, 0.3) is 10.8 Å². The summed E-state index contributed by atoms with van der Waals surface area (Å²) in [6.45, 7) is 2.91. The Hall–Kier alpha value is -3.32. The minimum Gasteiger partial charge on any atom is -0.507 e. The lowest BCUT2D eigenvalue weighted by Crippen LogP contribution is -2.35. The number of phenols is 1. The van der Waals surface area contributed by atoms with Crippen LogP contribution >= 0.6 is 0 Å². The van der Waals surface area contributed by atoms with E-state index in [0.717, 1.165) is 29.7 Å². The van der Waals surface area contributed by atoms with Crippen LogP contribution in [-0.4, -0.2) is 43.5 Å². The second-order valence-corrected chi connectivity index (χ2v) is 6.19. The van der Waals surface area contributed by atoms with Crippen LogP contribution in [0.3, 0.4) is 0 Å².